The van der Waals surface area contributed by atoms with Gasteiger partial charge in [-0.05, 0) is 83.7 Å². The molecule has 132 valence electrons. The van der Waals surface area contributed by atoms with Crippen molar-refractivity contribution in [2.75, 3.05) is 6.26 Å². The molecule has 0 radical (unpaired) electrons. The van der Waals surface area contributed by atoms with Crippen LogP contribution < -0.4 is 10.1 Å². The van der Waals surface area contributed by atoms with Gasteiger partial charge in [0.15, 0.2) is 0 Å². The van der Waals surface area contributed by atoms with Gasteiger partial charge >= 0.3 is 0 Å². The quantitative estimate of drug-likeness (QED) is 0.348. The average molecular weight is 533 g/mol. The molecule has 1 aromatic heterocycles. The molecule has 0 aliphatic carbocycles. The Morgan fingerprint density at radius 2 is 2.16 bits per heavy atom. The summed E-state index contributed by atoms with van der Waals surface area (Å²) < 4.78 is 7.78. The van der Waals surface area contributed by atoms with Gasteiger partial charge in [0.05, 0.1) is 11.1 Å². The molecular formula is C18H18BrIN2O2S. The minimum absolute atomic E-state index is 0.211. The summed E-state index contributed by atoms with van der Waals surface area (Å²) in [7, 11) is 0. The molecule has 25 heavy (non-hydrogen) atoms. The Hall–Kier alpha value is -0.980. The van der Waals surface area contributed by atoms with Crippen LogP contribution in [0.15, 0.2) is 28.9 Å². The molecule has 0 spiro atoms. The van der Waals surface area contributed by atoms with E-state index in [2.05, 4.69) is 60.7 Å². The second kappa shape index (κ2) is 8.60. The van der Waals surface area contributed by atoms with E-state index in [9.17, 15) is 4.79 Å². The minimum Gasteiger partial charge on any atom is -0.470 e. The lowest BCUT2D eigenvalue weighted by atomic mass is 10.1. The van der Waals surface area contributed by atoms with Crippen molar-refractivity contribution < 1.29 is 9.53 Å². The Morgan fingerprint density at radius 1 is 1.44 bits per heavy atom. The van der Waals surface area contributed by atoms with Gasteiger partial charge in [0.25, 0.3) is 5.91 Å². The predicted molar refractivity (Wildman–Crippen MR) is 116 cm³/mol. The third-order valence-electron chi connectivity index (χ3n) is 3.22. The molecule has 0 saturated carbocycles. The van der Waals surface area contributed by atoms with Crippen LogP contribution in [0.4, 0.5) is 0 Å². The molecule has 1 aromatic carbocycles. The van der Waals surface area contributed by atoms with Crippen molar-refractivity contribution in [2.24, 2.45) is 0 Å². The molecule has 1 atom stereocenters. The standard InChI is InChI=1S/C18H18BrIN2O2S/c1-5-6-18(2,3)22-16(23)17(25-4)24-13-8-11-7-12(20)10-21-15(11)14(19)9-13/h7-10,17H,1-4H3,(H,22,23). The van der Waals surface area contributed by atoms with Gasteiger partial charge < -0.3 is 10.1 Å². The summed E-state index contributed by atoms with van der Waals surface area (Å²) in [5.74, 6) is 6.20. The number of ether oxygens (including phenoxy) is 1. The van der Waals surface area contributed by atoms with Gasteiger partial charge in [-0.25, -0.2) is 0 Å². The molecular weight excluding hydrogens is 515 g/mol. The van der Waals surface area contributed by atoms with E-state index in [1.54, 1.807) is 6.92 Å². The van der Waals surface area contributed by atoms with Crippen molar-refractivity contribution in [2.45, 2.75) is 31.7 Å². The molecule has 1 N–H and O–H groups in total. The fourth-order valence-corrected chi connectivity index (χ4v) is 3.78. The summed E-state index contributed by atoms with van der Waals surface area (Å²) >= 11 is 7.07. The Kier molecular flexibility index (Phi) is 7.00. The molecule has 7 heteroatoms. The van der Waals surface area contributed by atoms with Crippen molar-refractivity contribution in [1.82, 2.24) is 10.3 Å². The Bertz CT molecular complexity index is 861. The van der Waals surface area contributed by atoms with Gasteiger partial charge in [-0.15, -0.1) is 17.7 Å². The first-order chi connectivity index (χ1) is 11.8. The molecule has 4 nitrogen and oxygen atoms in total. The summed E-state index contributed by atoms with van der Waals surface area (Å²) in [6.45, 7) is 5.47. The lowest BCUT2D eigenvalue weighted by Gasteiger charge is -2.24. The molecule has 2 rings (SSSR count). The van der Waals surface area contributed by atoms with E-state index in [-0.39, 0.29) is 5.91 Å². The van der Waals surface area contributed by atoms with Crippen LogP contribution in [0.1, 0.15) is 20.8 Å². The zero-order valence-corrected chi connectivity index (χ0v) is 18.9. The van der Waals surface area contributed by atoms with E-state index < -0.39 is 11.0 Å². The number of amides is 1. The fraction of sp³-hybridized carbons (Fsp3) is 0.333. The lowest BCUT2D eigenvalue weighted by molar-refractivity contribution is -0.125. The Balaban J connectivity index is 2.24. The third-order valence-corrected chi connectivity index (χ3v) is 5.15. The summed E-state index contributed by atoms with van der Waals surface area (Å²) in [6.07, 6.45) is 3.65. The number of carbonyl (C=O) groups excluding carboxylic acids is 1. The zero-order chi connectivity index (χ0) is 18.6. The van der Waals surface area contributed by atoms with Crippen molar-refractivity contribution in [1.29, 1.82) is 0 Å². The van der Waals surface area contributed by atoms with Gasteiger partial charge in [0, 0.05) is 19.6 Å². The second-order valence-corrected chi connectivity index (χ2v) is 8.80. The molecule has 0 aliphatic rings. The predicted octanol–water partition coefficient (Wildman–Crippen LogP) is 4.59. The van der Waals surface area contributed by atoms with E-state index in [0.29, 0.717) is 5.75 Å². The van der Waals surface area contributed by atoms with Gasteiger partial charge in [-0.3, -0.25) is 9.78 Å². The van der Waals surface area contributed by atoms with Gasteiger partial charge in [0.1, 0.15) is 5.75 Å². The van der Waals surface area contributed by atoms with E-state index in [1.165, 1.54) is 11.8 Å². The van der Waals surface area contributed by atoms with Crippen LogP contribution in [0.5, 0.6) is 5.75 Å². The smallest absolute Gasteiger partial charge is 0.272 e. The summed E-state index contributed by atoms with van der Waals surface area (Å²) in [5.41, 5.74) is -0.414. The molecule has 1 unspecified atom stereocenters. The molecule has 1 amide bonds. The first-order valence-electron chi connectivity index (χ1n) is 7.46. The van der Waals surface area contributed by atoms with E-state index >= 15 is 0 Å². The third kappa shape index (κ3) is 5.50. The highest BCUT2D eigenvalue weighted by Crippen LogP contribution is 2.30. The molecule has 0 saturated heterocycles. The second-order valence-electron chi connectivity index (χ2n) is 5.81. The number of rotatable bonds is 5. The van der Waals surface area contributed by atoms with E-state index in [0.717, 1.165) is 18.9 Å². The summed E-state index contributed by atoms with van der Waals surface area (Å²) in [6, 6.07) is 5.74. The van der Waals surface area contributed by atoms with E-state index in [4.69, 9.17) is 4.74 Å². The minimum atomic E-state index is -0.668. The molecule has 0 aliphatic heterocycles. The van der Waals surface area contributed by atoms with Gasteiger partial charge in [-0.2, -0.15) is 0 Å². The first-order valence-corrected chi connectivity index (χ1v) is 10.6. The highest BCUT2D eigenvalue weighted by molar-refractivity contribution is 14.1. The highest BCUT2D eigenvalue weighted by atomic mass is 127. The number of fused-ring (bicyclic) bond motifs is 1. The monoisotopic (exact) mass is 532 g/mol. The van der Waals surface area contributed by atoms with Crippen molar-refractivity contribution in [3.63, 3.8) is 0 Å². The van der Waals surface area contributed by atoms with E-state index in [1.807, 2.05) is 44.5 Å². The van der Waals surface area contributed by atoms with Crippen LogP contribution in [-0.2, 0) is 4.79 Å². The van der Waals surface area contributed by atoms with Crippen LogP contribution in [0, 0.1) is 15.4 Å². The highest BCUT2D eigenvalue weighted by Gasteiger charge is 2.25. The molecule has 2 aromatic rings. The summed E-state index contributed by atoms with van der Waals surface area (Å²) in [4.78, 5) is 16.9. The van der Waals surface area contributed by atoms with Crippen LogP contribution in [0.3, 0.4) is 0 Å². The topological polar surface area (TPSA) is 51.2 Å². The number of nitrogens with one attached hydrogen (secondary N) is 1. The number of hydrogen-bond donors (Lipinski definition) is 1. The number of carbonyl (C=O) groups is 1. The number of nitrogens with zero attached hydrogens (tertiary/aromatic N) is 1. The van der Waals surface area contributed by atoms with Crippen molar-refractivity contribution in [3.8, 4) is 17.6 Å². The van der Waals surface area contributed by atoms with Crippen molar-refractivity contribution in [3.05, 3.63) is 32.4 Å². The first kappa shape index (κ1) is 20.3. The van der Waals surface area contributed by atoms with Crippen LogP contribution in [-0.4, -0.2) is 28.1 Å². The van der Waals surface area contributed by atoms with Crippen molar-refractivity contribution >= 4 is 67.1 Å². The van der Waals surface area contributed by atoms with Crippen LogP contribution >= 0.6 is 50.3 Å². The number of hydrogen-bond acceptors (Lipinski definition) is 4. The summed E-state index contributed by atoms with van der Waals surface area (Å²) in [5, 5.41) is 3.86. The van der Waals surface area contributed by atoms with Crippen LogP contribution in [0.2, 0.25) is 0 Å². The number of halogens is 2. The maximum absolute atomic E-state index is 12.5. The molecule has 0 bridgehead atoms. The molecule has 1 heterocycles. The number of pyridine rings is 1. The Labute approximate surface area is 174 Å². The number of aromatic nitrogens is 1. The number of benzene rings is 1. The van der Waals surface area contributed by atoms with Gasteiger partial charge in [-0.1, -0.05) is 5.92 Å². The van der Waals surface area contributed by atoms with Crippen LogP contribution in [0.25, 0.3) is 10.9 Å². The normalized spacial score (nSPS) is 12.2. The Morgan fingerprint density at radius 3 is 2.80 bits per heavy atom. The maximum atomic E-state index is 12.5. The van der Waals surface area contributed by atoms with Gasteiger partial charge in [0.2, 0.25) is 5.44 Å². The maximum Gasteiger partial charge on any atom is 0.272 e. The SMILES string of the molecule is CC#CC(C)(C)NC(=O)C(Oc1cc(Br)c2ncc(I)cc2c1)SC. The molecule has 0 fully saturated rings. The average Bonchev–Trinajstić information content (AvgIpc) is 2.51. The fourth-order valence-electron chi connectivity index (χ4n) is 2.26. The lowest BCUT2D eigenvalue weighted by Crippen LogP contribution is -2.47. The number of thioether (sulfide) groups is 1. The zero-order valence-electron chi connectivity index (χ0n) is 14.3. The largest absolute Gasteiger partial charge is 0.470 e.